The second-order valence-electron chi connectivity index (χ2n) is 4.31. The normalized spacial score (nSPS) is 11.1. The van der Waals surface area contributed by atoms with Gasteiger partial charge in [-0.25, -0.2) is 0 Å². The van der Waals surface area contributed by atoms with E-state index in [1.54, 1.807) is 0 Å². The van der Waals surface area contributed by atoms with Crippen molar-refractivity contribution in [2.24, 2.45) is 0 Å². The van der Waals surface area contributed by atoms with Crippen molar-refractivity contribution in [3.63, 3.8) is 0 Å². The average molecular weight is 231 g/mol. The third-order valence-electron chi connectivity index (χ3n) is 1.91. The molecule has 0 atom stereocenters. The van der Waals surface area contributed by atoms with Crippen LogP contribution in [0.4, 0.5) is 0 Å². The maximum Gasteiger partial charge on any atom is 0.246 e. The molecule has 0 aliphatic rings. The van der Waals surface area contributed by atoms with Crippen molar-refractivity contribution in [1.82, 2.24) is 15.5 Å². The number of hydrogen-bond donors (Lipinski definition) is 2. The van der Waals surface area contributed by atoms with Crippen molar-refractivity contribution in [3.05, 3.63) is 0 Å². The second kappa shape index (κ2) is 9.57. The first kappa shape index (κ1) is 15.3. The van der Waals surface area contributed by atoms with Gasteiger partial charge in [0, 0.05) is 25.7 Å². The van der Waals surface area contributed by atoms with Crippen LogP contribution in [0.15, 0.2) is 0 Å². The molecule has 0 aliphatic heterocycles. The van der Waals surface area contributed by atoms with E-state index in [0.29, 0.717) is 19.2 Å². The largest absolute Gasteiger partial charge is 0.370 e. The van der Waals surface area contributed by atoms with Gasteiger partial charge in [0.25, 0.3) is 0 Å². The molecule has 0 unspecified atom stereocenters. The van der Waals surface area contributed by atoms with E-state index in [0.717, 1.165) is 13.1 Å². The summed E-state index contributed by atoms with van der Waals surface area (Å²) in [6.45, 7) is 7.16. The molecule has 0 rings (SSSR count). The number of hydrogen-bond acceptors (Lipinski definition) is 4. The number of carbonyl (C=O) groups is 1. The summed E-state index contributed by atoms with van der Waals surface area (Å²) in [5.41, 5.74) is 0. The van der Waals surface area contributed by atoms with Crippen LogP contribution in [0.5, 0.6) is 0 Å². The van der Waals surface area contributed by atoms with E-state index in [2.05, 4.69) is 24.5 Å². The topological polar surface area (TPSA) is 53.6 Å². The van der Waals surface area contributed by atoms with Gasteiger partial charge < -0.3 is 20.3 Å². The van der Waals surface area contributed by atoms with Crippen LogP contribution in [-0.2, 0) is 9.53 Å². The van der Waals surface area contributed by atoms with Gasteiger partial charge in [-0.3, -0.25) is 4.79 Å². The predicted molar refractivity (Wildman–Crippen MR) is 65.5 cm³/mol. The highest BCUT2D eigenvalue weighted by Crippen LogP contribution is 1.79. The summed E-state index contributed by atoms with van der Waals surface area (Å²) in [5.74, 6) is -0.0496. The summed E-state index contributed by atoms with van der Waals surface area (Å²) in [6.07, 6.45) is 0. The van der Waals surface area contributed by atoms with Crippen LogP contribution in [0.3, 0.4) is 0 Å². The van der Waals surface area contributed by atoms with Crippen LogP contribution in [-0.4, -0.2) is 63.8 Å². The number of ether oxygens (including phenoxy) is 1. The smallest absolute Gasteiger partial charge is 0.246 e. The standard InChI is InChI=1S/C11H25N3O2/c1-10(2)12-6-8-16-9-11(15)13-5-7-14(3)4/h10,12H,5-9H2,1-4H3,(H,13,15). The van der Waals surface area contributed by atoms with Crippen LogP contribution in [0.25, 0.3) is 0 Å². The molecule has 0 fully saturated rings. The van der Waals surface area contributed by atoms with E-state index in [1.165, 1.54) is 0 Å². The Kier molecular flexibility index (Phi) is 9.18. The van der Waals surface area contributed by atoms with Gasteiger partial charge in [-0.2, -0.15) is 0 Å². The average Bonchev–Trinajstić information content (AvgIpc) is 2.16. The molecule has 0 saturated heterocycles. The van der Waals surface area contributed by atoms with Crippen LogP contribution in [0.2, 0.25) is 0 Å². The van der Waals surface area contributed by atoms with Crippen LogP contribution >= 0.6 is 0 Å². The van der Waals surface area contributed by atoms with Crippen LogP contribution in [0.1, 0.15) is 13.8 Å². The van der Waals surface area contributed by atoms with Gasteiger partial charge in [0.2, 0.25) is 5.91 Å². The summed E-state index contributed by atoms with van der Waals surface area (Å²) in [5, 5.41) is 6.00. The molecule has 0 radical (unpaired) electrons. The lowest BCUT2D eigenvalue weighted by Gasteiger charge is -2.11. The first-order valence-corrected chi connectivity index (χ1v) is 5.75. The number of nitrogens with one attached hydrogen (secondary N) is 2. The fraction of sp³-hybridized carbons (Fsp3) is 0.909. The van der Waals surface area contributed by atoms with Gasteiger partial charge >= 0.3 is 0 Å². The zero-order chi connectivity index (χ0) is 12.4. The summed E-state index contributed by atoms with van der Waals surface area (Å²) in [6, 6.07) is 0.456. The minimum atomic E-state index is -0.0496. The Labute approximate surface area is 98.5 Å². The minimum absolute atomic E-state index is 0.0496. The molecule has 0 bridgehead atoms. The minimum Gasteiger partial charge on any atom is -0.370 e. The molecule has 96 valence electrons. The molecular formula is C11H25N3O2. The summed E-state index contributed by atoms with van der Waals surface area (Å²) in [7, 11) is 3.94. The molecule has 5 heteroatoms. The zero-order valence-corrected chi connectivity index (χ0v) is 10.9. The number of carbonyl (C=O) groups excluding carboxylic acids is 1. The Morgan fingerprint density at radius 2 is 2.00 bits per heavy atom. The Hall–Kier alpha value is -0.650. The lowest BCUT2D eigenvalue weighted by atomic mass is 10.4. The van der Waals surface area contributed by atoms with E-state index < -0.39 is 0 Å². The molecule has 0 aromatic heterocycles. The number of nitrogens with zero attached hydrogens (tertiary/aromatic N) is 1. The highest BCUT2D eigenvalue weighted by Gasteiger charge is 2.00. The van der Waals surface area contributed by atoms with Gasteiger partial charge in [-0.1, -0.05) is 13.8 Å². The molecule has 5 nitrogen and oxygen atoms in total. The zero-order valence-electron chi connectivity index (χ0n) is 10.9. The Bertz CT molecular complexity index is 184. The molecule has 2 N–H and O–H groups in total. The molecule has 0 aromatic rings. The van der Waals surface area contributed by atoms with Crippen molar-refractivity contribution in [2.45, 2.75) is 19.9 Å². The quantitative estimate of drug-likeness (QED) is 0.534. The monoisotopic (exact) mass is 231 g/mol. The maximum atomic E-state index is 11.2. The highest BCUT2D eigenvalue weighted by atomic mass is 16.5. The fourth-order valence-corrected chi connectivity index (χ4v) is 1.05. The Morgan fingerprint density at radius 3 is 2.56 bits per heavy atom. The molecule has 16 heavy (non-hydrogen) atoms. The van der Waals surface area contributed by atoms with Crippen molar-refractivity contribution >= 4 is 5.91 Å². The lowest BCUT2D eigenvalue weighted by Crippen LogP contribution is -2.34. The van der Waals surface area contributed by atoms with Crippen LogP contribution in [0, 0.1) is 0 Å². The number of rotatable bonds is 9. The molecule has 1 amide bonds. The molecular weight excluding hydrogens is 206 g/mol. The van der Waals surface area contributed by atoms with Gasteiger partial charge in [0.15, 0.2) is 0 Å². The lowest BCUT2D eigenvalue weighted by molar-refractivity contribution is -0.125. The molecule has 0 heterocycles. The third kappa shape index (κ3) is 11.4. The van der Waals surface area contributed by atoms with E-state index in [1.807, 2.05) is 19.0 Å². The first-order valence-electron chi connectivity index (χ1n) is 5.75. The van der Waals surface area contributed by atoms with Gasteiger partial charge in [0.1, 0.15) is 6.61 Å². The van der Waals surface area contributed by atoms with Gasteiger partial charge in [0.05, 0.1) is 6.61 Å². The van der Waals surface area contributed by atoms with E-state index in [9.17, 15) is 4.79 Å². The summed E-state index contributed by atoms with van der Waals surface area (Å²) < 4.78 is 5.22. The van der Waals surface area contributed by atoms with E-state index >= 15 is 0 Å². The molecule has 0 aromatic carbocycles. The third-order valence-corrected chi connectivity index (χ3v) is 1.91. The SMILES string of the molecule is CC(C)NCCOCC(=O)NCCN(C)C. The second-order valence-corrected chi connectivity index (χ2v) is 4.31. The van der Waals surface area contributed by atoms with E-state index in [-0.39, 0.29) is 12.5 Å². The first-order chi connectivity index (χ1) is 7.52. The van der Waals surface area contributed by atoms with Crippen LogP contribution < -0.4 is 10.6 Å². The van der Waals surface area contributed by atoms with Gasteiger partial charge in [-0.05, 0) is 14.1 Å². The molecule has 0 aliphatic carbocycles. The maximum absolute atomic E-state index is 11.2. The highest BCUT2D eigenvalue weighted by molar-refractivity contribution is 5.77. The summed E-state index contributed by atoms with van der Waals surface area (Å²) >= 11 is 0. The van der Waals surface area contributed by atoms with Crippen molar-refractivity contribution in [2.75, 3.05) is 46.9 Å². The fourth-order valence-electron chi connectivity index (χ4n) is 1.05. The van der Waals surface area contributed by atoms with Crippen molar-refractivity contribution in [3.8, 4) is 0 Å². The van der Waals surface area contributed by atoms with Gasteiger partial charge in [-0.15, -0.1) is 0 Å². The Morgan fingerprint density at radius 1 is 1.31 bits per heavy atom. The Balaban J connectivity index is 3.24. The summed E-state index contributed by atoms with van der Waals surface area (Å²) in [4.78, 5) is 13.3. The van der Waals surface area contributed by atoms with Crippen molar-refractivity contribution in [1.29, 1.82) is 0 Å². The number of likely N-dealkylation sites (N-methyl/N-ethyl adjacent to an activating group) is 1. The molecule has 0 spiro atoms. The number of amides is 1. The van der Waals surface area contributed by atoms with E-state index in [4.69, 9.17) is 4.74 Å². The molecule has 0 saturated carbocycles. The van der Waals surface area contributed by atoms with Crippen molar-refractivity contribution < 1.29 is 9.53 Å². The predicted octanol–water partition coefficient (Wildman–Crippen LogP) is -0.321.